The minimum atomic E-state index is -0.430. The predicted octanol–water partition coefficient (Wildman–Crippen LogP) is 5.22. The van der Waals surface area contributed by atoms with E-state index in [2.05, 4.69) is 6.92 Å². The Labute approximate surface area is 188 Å². The standard InChI is InChI=1S/C26H30O6/c1-6-18-10-9-13-21-24(18)26(30-15-23(28)32-17(4)5)20-12-8-7-11-19(20)25(21)29-14-22(27)31-16(2)3/h7-13,16-17H,6,14-15H2,1-5H3. The second kappa shape index (κ2) is 10.4. The van der Waals surface area contributed by atoms with Crippen molar-refractivity contribution in [1.29, 1.82) is 0 Å². The summed E-state index contributed by atoms with van der Waals surface area (Å²) in [6.45, 7) is 8.86. The Morgan fingerprint density at radius 1 is 0.719 bits per heavy atom. The Kier molecular flexibility index (Phi) is 7.57. The lowest BCUT2D eigenvalue weighted by molar-refractivity contribution is -0.150. The molecule has 0 radical (unpaired) electrons. The molecule has 6 nitrogen and oxygen atoms in total. The second-order valence-corrected chi connectivity index (χ2v) is 8.05. The Morgan fingerprint density at radius 2 is 1.22 bits per heavy atom. The predicted molar refractivity (Wildman–Crippen MR) is 124 cm³/mol. The van der Waals surface area contributed by atoms with E-state index in [4.69, 9.17) is 18.9 Å². The van der Waals surface area contributed by atoms with E-state index in [-0.39, 0.29) is 25.4 Å². The van der Waals surface area contributed by atoms with Crippen LogP contribution in [0.25, 0.3) is 21.5 Å². The number of aryl methyl sites for hydroxylation is 1. The third-order valence-electron chi connectivity index (χ3n) is 4.82. The maximum atomic E-state index is 12.2. The minimum absolute atomic E-state index is 0.198. The van der Waals surface area contributed by atoms with Crippen molar-refractivity contribution in [3.63, 3.8) is 0 Å². The fourth-order valence-electron chi connectivity index (χ4n) is 3.67. The van der Waals surface area contributed by atoms with Crippen molar-refractivity contribution < 1.29 is 28.5 Å². The number of hydrogen-bond acceptors (Lipinski definition) is 6. The molecule has 0 fully saturated rings. The van der Waals surface area contributed by atoms with Crippen LogP contribution in [0.5, 0.6) is 11.5 Å². The first-order valence-electron chi connectivity index (χ1n) is 10.9. The Balaban J connectivity index is 2.12. The highest BCUT2D eigenvalue weighted by Crippen LogP contribution is 2.44. The van der Waals surface area contributed by atoms with Crippen molar-refractivity contribution in [1.82, 2.24) is 0 Å². The van der Waals surface area contributed by atoms with Gasteiger partial charge in [0.1, 0.15) is 11.5 Å². The molecule has 0 aliphatic rings. The van der Waals surface area contributed by atoms with Gasteiger partial charge in [-0.1, -0.05) is 49.4 Å². The summed E-state index contributed by atoms with van der Waals surface area (Å²) < 4.78 is 22.5. The molecule has 6 heteroatoms. The Bertz CT molecular complexity index is 1120. The molecule has 0 saturated heterocycles. The van der Waals surface area contributed by atoms with Crippen molar-refractivity contribution in [3.05, 3.63) is 48.0 Å². The number of rotatable bonds is 9. The molecular formula is C26H30O6. The lowest BCUT2D eigenvalue weighted by Crippen LogP contribution is -2.19. The van der Waals surface area contributed by atoms with Crippen LogP contribution < -0.4 is 9.47 Å². The fourth-order valence-corrected chi connectivity index (χ4v) is 3.67. The van der Waals surface area contributed by atoms with Crippen LogP contribution >= 0.6 is 0 Å². The number of carbonyl (C=O) groups excluding carboxylic acids is 2. The monoisotopic (exact) mass is 438 g/mol. The van der Waals surface area contributed by atoms with Crippen molar-refractivity contribution in [2.75, 3.05) is 13.2 Å². The molecule has 0 aromatic heterocycles. The molecule has 0 heterocycles. The summed E-state index contributed by atoms with van der Waals surface area (Å²) in [6.07, 6.45) is 0.330. The van der Waals surface area contributed by atoms with Crippen molar-refractivity contribution in [2.24, 2.45) is 0 Å². The van der Waals surface area contributed by atoms with Crippen molar-refractivity contribution >= 4 is 33.5 Å². The van der Waals surface area contributed by atoms with E-state index in [1.165, 1.54) is 0 Å². The second-order valence-electron chi connectivity index (χ2n) is 8.05. The highest BCUT2D eigenvalue weighted by molar-refractivity contribution is 6.12. The van der Waals surface area contributed by atoms with Crippen molar-refractivity contribution in [2.45, 2.75) is 53.2 Å². The number of carbonyl (C=O) groups is 2. The zero-order valence-electron chi connectivity index (χ0n) is 19.3. The van der Waals surface area contributed by atoms with E-state index in [9.17, 15) is 9.59 Å². The number of hydrogen-bond donors (Lipinski definition) is 0. The van der Waals surface area contributed by atoms with Gasteiger partial charge in [-0.15, -0.1) is 0 Å². The quantitative estimate of drug-likeness (QED) is 0.337. The number of fused-ring (bicyclic) bond motifs is 2. The zero-order chi connectivity index (χ0) is 23.3. The molecule has 0 saturated carbocycles. The maximum absolute atomic E-state index is 12.2. The zero-order valence-corrected chi connectivity index (χ0v) is 19.3. The molecule has 0 N–H and O–H groups in total. The first-order chi connectivity index (χ1) is 15.3. The van der Waals surface area contributed by atoms with Gasteiger partial charge in [-0.05, 0) is 39.7 Å². The van der Waals surface area contributed by atoms with Gasteiger partial charge in [0, 0.05) is 21.5 Å². The normalized spacial score (nSPS) is 11.2. The first-order valence-corrected chi connectivity index (χ1v) is 10.9. The first kappa shape index (κ1) is 23.4. The molecule has 0 aliphatic carbocycles. The molecule has 3 rings (SSSR count). The van der Waals surface area contributed by atoms with Gasteiger partial charge in [-0.2, -0.15) is 0 Å². The summed E-state index contributed by atoms with van der Waals surface area (Å²) in [5.74, 6) is 0.332. The van der Waals surface area contributed by atoms with Crippen LogP contribution in [0.3, 0.4) is 0 Å². The van der Waals surface area contributed by atoms with Gasteiger partial charge in [-0.25, -0.2) is 9.59 Å². The minimum Gasteiger partial charge on any atom is -0.481 e. The summed E-state index contributed by atoms with van der Waals surface area (Å²) in [6, 6.07) is 13.5. The van der Waals surface area contributed by atoms with Gasteiger partial charge in [-0.3, -0.25) is 0 Å². The summed E-state index contributed by atoms with van der Waals surface area (Å²) in [5.41, 5.74) is 1.05. The number of esters is 2. The summed E-state index contributed by atoms with van der Waals surface area (Å²) in [7, 11) is 0. The van der Waals surface area contributed by atoms with Crippen LogP contribution in [0, 0.1) is 0 Å². The van der Waals surface area contributed by atoms with E-state index >= 15 is 0 Å². The van der Waals surface area contributed by atoms with Crippen LogP contribution in [0.15, 0.2) is 42.5 Å². The summed E-state index contributed by atoms with van der Waals surface area (Å²) in [4.78, 5) is 24.3. The van der Waals surface area contributed by atoms with E-state index in [1.807, 2.05) is 42.5 Å². The molecule has 3 aromatic carbocycles. The highest BCUT2D eigenvalue weighted by atomic mass is 16.6. The molecule has 0 spiro atoms. The van der Waals surface area contributed by atoms with Crippen molar-refractivity contribution in [3.8, 4) is 11.5 Å². The van der Waals surface area contributed by atoms with Crippen LogP contribution in [0.2, 0.25) is 0 Å². The van der Waals surface area contributed by atoms with Crippen LogP contribution in [-0.2, 0) is 25.5 Å². The molecule has 0 atom stereocenters. The third kappa shape index (κ3) is 5.31. The van der Waals surface area contributed by atoms with E-state index in [1.54, 1.807) is 27.7 Å². The molecule has 0 unspecified atom stereocenters. The SMILES string of the molecule is CCc1cccc2c(OCC(=O)OC(C)C)c3ccccc3c(OCC(=O)OC(C)C)c12. The van der Waals surface area contributed by atoms with Gasteiger partial charge >= 0.3 is 11.9 Å². The van der Waals surface area contributed by atoms with Gasteiger partial charge < -0.3 is 18.9 Å². The molecule has 0 bridgehead atoms. The van der Waals surface area contributed by atoms with E-state index in [0.717, 1.165) is 33.5 Å². The van der Waals surface area contributed by atoms with E-state index < -0.39 is 11.9 Å². The largest absolute Gasteiger partial charge is 0.481 e. The summed E-state index contributed by atoms with van der Waals surface area (Å²) in [5, 5.41) is 3.26. The fraction of sp³-hybridized carbons (Fsp3) is 0.385. The average molecular weight is 439 g/mol. The number of ether oxygens (including phenoxy) is 4. The summed E-state index contributed by atoms with van der Waals surface area (Å²) >= 11 is 0. The van der Waals surface area contributed by atoms with Crippen LogP contribution in [0.4, 0.5) is 0 Å². The Hall–Kier alpha value is -3.28. The molecule has 0 amide bonds. The lowest BCUT2D eigenvalue weighted by Gasteiger charge is -2.19. The third-order valence-corrected chi connectivity index (χ3v) is 4.82. The highest BCUT2D eigenvalue weighted by Gasteiger charge is 2.20. The topological polar surface area (TPSA) is 71.1 Å². The molecule has 170 valence electrons. The van der Waals surface area contributed by atoms with E-state index in [0.29, 0.717) is 11.5 Å². The average Bonchev–Trinajstić information content (AvgIpc) is 2.74. The molecule has 0 aliphatic heterocycles. The molecular weight excluding hydrogens is 408 g/mol. The lowest BCUT2D eigenvalue weighted by atomic mass is 9.96. The van der Waals surface area contributed by atoms with Gasteiger partial charge in [0.2, 0.25) is 0 Å². The van der Waals surface area contributed by atoms with Crippen LogP contribution in [-0.4, -0.2) is 37.4 Å². The van der Waals surface area contributed by atoms with Gasteiger partial charge in [0.15, 0.2) is 13.2 Å². The Morgan fingerprint density at radius 3 is 1.75 bits per heavy atom. The smallest absolute Gasteiger partial charge is 0.344 e. The number of benzene rings is 3. The van der Waals surface area contributed by atoms with Crippen LogP contribution in [0.1, 0.15) is 40.2 Å². The maximum Gasteiger partial charge on any atom is 0.344 e. The molecule has 32 heavy (non-hydrogen) atoms. The van der Waals surface area contributed by atoms with Gasteiger partial charge in [0.05, 0.1) is 12.2 Å². The van der Waals surface area contributed by atoms with Gasteiger partial charge in [0.25, 0.3) is 0 Å². The molecule has 3 aromatic rings.